The van der Waals surface area contributed by atoms with E-state index in [4.69, 9.17) is 5.73 Å². The Morgan fingerprint density at radius 2 is 2.14 bits per heavy atom. The average molecular weight is 318 g/mol. The second kappa shape index (κ2) is 4.30. The summed E-state index contributed by atoms with van der Waals surface area (Å²) in [4.78, 5) is 3.47. The van der Waals surface area contributed by atoms with Gasteiger partial charge in [-0.1, -0.05) is 0 Å². The quantitative estimate of drug-likeness (QED) is 0.849. The van der Waals surface area contributed by atoms with E-state index in [1.165, 1.54) is 12.3 Å². The van der Waals surface area contributed by atoms with Crippen LogP contribution >= 0.6 is 22.6 Å². The molecular formula is C7H6F3IN2O. The van der Waals surface area contributed by atoms with E-state index in [9.17, 15) is 13.2 Å². The molecule has 1 heterocycles. The fourth-order valence-electron chi connectivity index (χ4n) is 0.789. The lowest BCUT2D eigenvalue weighted by molar-refractivity contribution is -0.276. The second-order valence-corrected chi connectivity index (χ2v) is 3.53. The number of nitrogens with zero attached hydrogens (tertiary/aromatic N) is 1. The Labute approximate surface area is 91.6 Å². The molecule has 1 rings (SSSR count). The van der Waals surface area contributed by atoms with Crippen LogP contribution in [-0.2, 0) is 6.54 Å². The SMILES string of the molecule is NCc1cc(OC(F)(F)F)ncc1I. The van der Waals surface area contributed by atoms with Crippen LogP contribution in [0.3, 0.4) is 0 Å². The van der Waals surface area contributed by atoms with Crippen LogP contribution in [0, 0.1) is 3.57 Å². The zero-order chi connectivity index (χ0) is 10.8. The molecule has 0 saturated heterocycles. The van der Waals surface area contributed by atoms with E-state index in [1.807, 2.05) is 22.6 Å². The van der Waals surface area contributed by atoms with Crippen LogP contribution in [0.5, 0.6) is 5.88 Å². The van der Waals surface area contributed by atoms with E-state index in [2.05, 4.69) is 9.72 Å². The van der Waals surface area contributed by atoms with Crippen LogP contribution in [0.4, 0.5) is 13.2 Å². The fourth-order valence-corrected chi connectivity index (χ4v) is 1.30. The van der Waals surface area contributed by atoms with Gasteiger partial charge < -0.3 is 10.5 Å². The van der Waals surface area contributed by atoms with Crippen molar-refractivity contribution in [3.63, 3.8) is 0 Å². The summed E-state index contributed by atoms with van der Waals surface area (Å²) in [6, 6.07) is 1.18. The van der Waals surface area contributed by atoms with Crippen molar-refractivity contribution in [3.05, 3.63) is 21.4 Å². The Balaban J connectivity index is 2.90. The predicted molar refractivity (Wildman–Crippen MR) is 51.5 cm³/mol. The number of hydrogen-bond acceptors (Lipinski definition) is 3. The number of nitrogens with two attached hydrogens (primary N) is 1. The first kappa shape index (κ1) is 11.5. The molecule has 0 atom stereocenters. The molecule has 1 aromatic heterocycles. The van der Waals surface area contributed by atoms with E-state index >= 15 is 0 Å². The van der Waals surface area contributed by atoms with Gasteiger partial charge in [0.25, 0.3) is 0 Å². The molecule has 2 N–H and O–H groups in total. The molecule has 7 heteroatoms. The first-order valence-electron chi connectivity index (χ1n) is 3.52. The Morgan fingerprint density at radius 3 is 2.64 bits per heavy atom. The maximum atomic E-state index is 11.8. The lowest BCUT2D eigenvalue weighted by Crippen LogP contribution is -2.18. The monoisotopic (exact) mass is 318 g/mol. The molecule has 0 aliphatic rings. The standard InChI is InChI=1S/C7H6F3IN2O/c8-7(9,10)14-6-1-4(2-12)5(11)3-13-6/h1,3H,2,12H2. The van der Waals surface area contributed by atoms with E-state index in [0.29, 0.717) is 9.13 Å². The molecule has 0 aliphatic heterocycles. The van der Waals surface area contributed by atoms with Gasteiger partial charge in [0.15, 0.2) is 0 Å². The van der Waals surface area contributed by atoms with Gasteiger partial charge in [0.2, 0.25) is 5.88 Å². The highest BCUT2D eigenvalue weighted by molar-refractivity contribution is 14.1. The second-order valence-electron chi connectivity index (χ2n) is 2.37. The third-order valence-corrected chi connectivity index (χ3v) is 2.32. The number of pyridine rings is 1. The van der Waals surface area contributed by atoms with Crippen molar-refractivity contribution in [3.8, 4) is 5.88 Å². The van der Waals surface area contributed by atoms with Crippen LogP contribution in [0.15, 0.2) is 12.3 Å². The molecule has 0 amide bonds. The Kier molecular flexibility index (Phi) is 3.53. The molecular weight excluding hydrogens is 312 g/mol. The van der Waals surface area contributed by atoms with Gasteiger partial charge >= 0.3 is 6.36 Å². The highest BCUT2D eigenvalue weighted by Gasteiger charge is 2.31. The predicted octanol–water partition coefficient (Wildman–Crippen LogP) is 2.04. The number of alkyl halides is 3. The molecule has 1 aromatic rings. The number of ether oxygens (including phenoxy) is 1. The van der Waals surface area contributed by atoms with Crippen molar-refractivity contribution < 1.29 is 17.9 Å². The van der Waals surface area contributed by atoms with E-state index in [0.717, 1.165) is 0 Å². The summed E-state index contributed by atoms with van der Waals surface area (Å²) in [5.41, 5.74) is 5.88. The van der Waals surface area contributed by atoms with E-state index in [1.54, 1.807) is 0 Å². The minimum Gasteiger partial charge on any atom is -0.388 e. The Bertz CT molecular complexity index is 329. The van der Waals surface area contributed by atoms with Gasteiger partial charge in [0.05, 0.1) is 0 Å². The van der Waals surface area contributed by atoms with Gasteiger partial charge in [0, 0.05) is 22.4 Å². The maximum Gasteiger partial charge on any atom is 0.574 e. The molecule has 0 aromatic carbocycles. The van der Waals surface area contributed by atoms with Crippen LogP contribution < -0.4 is 10.5 Å². The van der Waals surface area contributed by atoms with Crippen LogP contribution in [-0.4, -0.2) is 11.3 Å². The van der Waals surface area contributed by atoms with Crippen LogP contribution in [0.25, 0.3) is 0 Å². The van der Waals surface area contributed by atoms with Crippen LogP contribution in [0.1, 0.15) is 5.56 Å². The topological polar surface area (TPSA) is 48.1 Å². The largest absolute Gasteiger partial charge is 0.574 e. The van der Waals surface area contributed by atoms with Gasteiger partial charge in [-0.05, 0) is 28.2 Å². The fraction of sp³-hybridized carbons (Fsp3) is 0.286. The van der Waals surface area contributed by atoms with Gasteiger partial charge in [-0.2, -0.15) is 0 Å². The average Bonchev–Trinajstić information content (AvgIpc) is 2.06. The van der Waals surface area contributed by atoms with Gasteiger partial charge in [-0.15, -0.1) is 13.2 Å². The molecule has 3 nitrogen and oxygen atoms in total. The zero-order valence-corrected chi connectivity index (χ0v) is 8.96. The van der Waals surface area contributed by atoms with E-state index < -0.39 is 12.2 Å². The highest BCUT2D eigenvalue weighted by atomic mass is 127. The van der Waals surface area contributed by atoms with Crippen LogP contribution in [0.2, 0.25) is 0 Å². The third-order valence-electron chi connectivity index (χ3n) is 1.35. The van der Waals surface area contributed by atoms with Crippen molar-refractivity contribution in [1.29, 1.82) is 0 Å². The van der Waals surface area contributed by atoms with Gasteiger partial charge in [-0.3, -0.25) is 0 Å². The van der Waals surface area contributed by atoms with Crippen molar-refractivity contribution >= 4 is 22.6 Å². The molecule has 0 saturated carbocycles. The summed E-state index contributed by atoms with van der Waals surface area (Å²) < 4.78 is 39.7. The summed E-state index contributed by atoms with van der Waals surface area (Å²) >= 11 is 1.94. The third kappa shape index (κ3) is 3.29. The van der Waals surface area contributed by atoms with Crippen molar-refractivity contribution in [1.82, 2.24) is 4.98 Å². The lowest BCUT2D eigenvalue weighted by atomic mass is 10.3. The highest BCUT2D eigenvalue weighted by Crippen LogP contribution is 2.23. The molecule has 0 fully saturated rings. The molecule has 0 radical (unpaired) electrons. The molecule has 0 aliphatic carbocycles. The van der Waals surface area contributed by atoms with Gasteiger partial charge in [-0.25, -0.2) is 4.98 Å². The summed E-state index contributed by atoms with van der Waals surface area (Å²) in [6.45, 7) is 0.148. The maximum absolute atomic E-state index is 11.8. The molecule has 0 spiro atoms. The molecule has 14 heavy (non-hydrogen) atoms. The summed E-state index contributed by atoms with van der Waals surface area (Å²) in [5, 5.41) is 0. The smallest absolute Gasteiger partial charge is 0.388 e. The van der Waals surface area contributed by atoms with Crippen molar-refractivity contribution in [2.45, 2.75) is 12.9 Å². The Morgan fingerprint density at radius 1 is 1.50 bits per heavy atom. The zero-order valence-electron chi connectivity index (χ0n) is 6.81. The van der Waals surface area contributed by atoms with Gasteiger partial charge in [0.1, 0.15) is 0 Å². The Hall–Kier alpha value is -0.570. The number of hydrogen-bond donors (Lipinski definition) is 1. The normalized spacial score (nSPS) is 11.5. The first-order valence-corrected chi connectivity index (χ1v) is 4.60. The number of halogens is 4. The summed E-state index contributed by atoms with van der Waals surface area (Å²) in [6.07, 6.45) is -3.44. The van der Waals surface area contributed by atoms with Crippen molar-refractivity contribution in [2.24, 2.45) is 5.73 Å². The minimum atomic E-state index is -4.72. The molecule has 0 unspecified atom stereocenters. The summed E-state index contributed by atoms with van der Waals surface area (Å²) in [7, 11) is 0. The molecule has 0 bridgehead atoms. The number of aromatic nitrogens is 1. The summed E-state index contributed by atoms with van der Waals surface area (Å²) in [5.74, 6) is -0.488. The van der Waals surface area contributed by atoms with E-state index in [-0.39, 0.29) is 6.54 Å². The first-order chi connectivity index (χ1) is 6.42. The number of rotatable bonds is 2. The minimum absolute atomic E-state index is 0.148. The van der Waals surface area contributed by atoms with Crippen molar-refractivity contribution in [2.75, 3.05) is 0 Å². The lowest BCUT2D eigenvalue weighted by Gasteiger charge is -2.09. The molecule has 78 valence electrons.